The van der Waals surface area contributed by atoms with Crippen LogP contribution in [0, 0.1) is 0 Å². The topological polar surface area (TPSA) is 76.4 Å². The Bertz CT molecular complexity index is 1070. The average molecular weight is 402 g/mol. The number of fused-ring (bicyclic) bond motifs is 1. The molecule has 0 aliphatic carbocycles. The Morgan fingerprint density at radius 3 is 2.55 bits per heavy atom. The van der Waals surface area contributed by atoms with Gasteiger partial charge in [-0.15, -0.1) is 0 Å². The molecule has 29 heavy (non-hydrogen) atoms. The minimum atomic E-state index is -2.57. The van der Waals surface area contributed by atoms with E-state index in [2.05, 4.69) is 24.9 Å². The van der Waals surface area contributed by atoms with Crippen molar-refractivity contribution in [1.82, 2.24) is 19.7 Å². The molecular formula is C19H20F2N6O2. The highest BCUT2D eigenvalue weighted by Gasteiger charge is 2.20. The molecule has 0 unspecified atom stereocenters. The molecule has 0 spiro atoms. The maximum absolute atomic E-state index is 12.5. The SMILES string of the molecule is Cn1nc(N2CCN(c3ccc4ncnc(OCC(F)F)c4c3)CC2)ccc1=O. The molecule has 1 aromatic carbocycles. The van der Waals surface area contributed by atoms with E-state index in [9.17, 15) is 13.6 Å². The zero-order valence-electron chi connectivity index (χ0n) is 15.8. The summed E-state index contributed by atoms with van der Waals surface area (Å²) >= 11 is 0. The number of halogens is 2. The molecule has 1 saturated heterocycles. The van der Waals surface area contributed by atoms with E-state index in [1.54, 1.807) is 13.1 Å². The van der Waals surface area contributed by atoms with Gasteiger partial charge in [0.1, 0.15) is 12.1 Å². The molecule has 1 aliphatic heterocycles. The van der Waals surface area contributed by atoms with Gasteiger partial charge < -0.3 is 14.5 Å². The molecule has 8 nitrogen and oxygen atoms in total. The second-order valence-corrected chi connectivity index (χ2v) is 6.71. The van der Waals surface area contributed by atoms with E-state index in [0.717, 1.165) is 37.7 Å². The van der Waals surface area contributed by atoms with Crippen molar-refractivity contribution in [2.45, 2.75) is 6.43 Å². The number of nitrogens with zero attached hydrogens (tertiary/aromatic N) is 6. The van der Waals surface area contributed by atoms with Gasteiger partial charge in [0.2, 0.25) is 5.88 Å². The normalized spacial score (nSPS) is 14.6. The first kappa shape index (κ1) is 19.0. The van der Waals surface area contributed by atoms with Crippen molar-refractivity contribution in [3.63, 3.8) is 0 Å². The smallest absolute Gasteiger partial charge is 0.272 e. The van der Waals surface area contributed by atoms with Gasteiger partial charge in [-0.3, -0.25) is 4.79 Å². The lowest BCUT2D eigenvalue weighted by atomic mass is 10.2. The van der Waals surface area contributed by atoms with Crippen molar-refractivity contribution in [1.29, 1.82) is 0 Å². The molecule has 2 aromatic heterocycles. The quantitative estimate of drug-likeness (QED) is 0.643. The van der Waals surface area contributed by atoms with Gasteiger partial charge in [-0.05, 0) is 24.3 Å². The highest BCUT2D eigenvalue weighted by Crippen LogP contribution is 2.28. The largest absolute Gasteiger partial charge is 0.471 e. The Kier molecular flexibility index (Phi) is 5.24. The summed E-state index contributed by atoms with van der Waals surface area (Å²) in [6, 6.07) is 8.90. The molecule has 1 aliphatic rings. The zero-order chi connectivity index (χ0) is 20.4. The van der Waals surface area contributed by atoms with Crippen molar-refractivity contribution in [3.8, 4) is 5.88 Å². The van der Waals surface area contributed by atoms with Crippen LogP contribution in [0.3, 0.4) is 0 Å². The van der Waals surface area contributed by atoms with Crippen molar-refractivity contribution >= 4 is 22.4 Å². The maximum Gasteiger partial charge on any atom is 0.272 e. The van der Waals surface area contributed by atoms with Crippen LogP contribution >= 0.6 is 0 Å². The first-order chi connectivity index (χ1) is 14.0. The van der Waals surface area contributed by atoms with Crippen molar-refractivity contribution in [2.24, 2.45) is 7.05 Å². The highest BCUT2D eigenvalue weighted by molar-refractivity contribution is 5.86. The molecule has 10 heteroatoms. The van der Waals surface area contributed by atoms with Gasteiger partial charge in [-0.1, -0.05) is 0 Å². The minimum absolute atomic E-state index is 0.143. The molecule has 3 heterocycles. The molecule has 0 N–H and O–H groups in total. The second kappa shape index (κ2) is 7.98. The molecule has 152 valence electrons. The van der Waals surface area contributed by atoms with E-state index in [1.165, 1.54) is 17.1 Å². The lowest BCUT2D eigenvalue weighted by molar-refractivity contribution is 0.0804. The first-order valence-corrected chi connectivity index (χ1v) is 9.21. The van der Waals surface area contributed by atoms with Crippen LogP contribution in [-0.2, 0) is 7.05 Å². The molecule has 0 amide bonds. The highest BCUT2D eigenvalue weighted by atomic mass is 19.3. The second-order valence-electron chi connectivity index (χ2n) is 6.71. The fourth-order valence-corrected chi connectivity index (χ4v) is 3.33. The predicted molar refractivity (Wildman–Crippen MR) is 105 cm³/mol. The van der Waals surface area contributed by atoms with Crippen LogP contribution in [0.15, 0.2) is 41.5 Å². The number of benzene rings is 1. The number of hydrogen-bond acceptors (Lipinski definition) is 7. The molecule has 1 fully saturated rings. The van der Waals surface area contributed by atoms with E-state index >= 15 is 0 Å². The summed E-state index contributed by atoms with van der Waals surface area (Å²) in [5.41, 5.74) is 1.44. The van der Waals surface area contributed by atoms with Crippen LogP contribution < -0.4 is 20.1 Å². The van der Waals surface area contributed by atoms with Crippen molar-refractivity contribution in [2.75, 3.05) is 42.6 Å². The third kappa shape index (κ3) is 4.10. The van der Waals surface area contributed by atoms with Crippen molar-refractivity contribution < 1.29 is 13.5 Å². The van der Waals surface area contributed by atoms with E-state index in [1.807, 2.05) is 18.2 Å². The predicted octanol–water partition coefficient (Wildman–Crippen LogP) is 1.69. The summed E-state index contributed by atoms with van der Waals surface area (Å²) in [7, 11) is 1.63. The number of rotatable bonds is 5. The van der Waals surface area contributed by atoms with Crippen LogP contribution in [0.5, 0.6) is 5.88 Å². The van der Waals surface area contributed by atoms with E-state index in [4.69, 9.17) is 4.74 Å². The van der Waals surface area contributed by atoms with E-state index in [-0.39, 0.29) is 11.4 Å². The summed E-state index contributed by atoms with van der Waals surface area (Å²) < 4.78 is 31.5. The van der Waals surface area contributed by atoms with Crippen molar-refractivity contribution in [3.05, 3.63) is 47.0 Å². The van der Waals surface area contributed by atoms with Gasteiger partial charge in [0, 0.05) is 45.0 Å². The Hall–Kier alpha value is -3.30. The number of alkyl halides is 2. The van der Waals surface area contributed by atoms with Gasteiger partial charge in [0.25, 0.3) is 12.0 Å². The average Bonchev–Trinajstić information content (AvgIpc) is 2.74. The summed E-state index contributed by atoms with van der Waals surface area (Å²) in [5, 5.41) is 4.90. The van der Waals surface area contributed by atoms with Gasteiger partial charge in [0.05, 0.1) is 10.9 Å². The molecule has 0 saturated carbocycles. The third-order valence-corrected chi connectivity index (χ3v) is 4.84. The molecular weight excluding hydrogens is 382 g/mol. The van der Waals surface area contributed by atoms with Gasteiger partial charge >= 0.3 is 0 Å². The number of aromatic nitrogens is 4. The number of anilines is 2. The van der Waals surface area contributed by atoms with E-state index < -0.39 is 13.0 Å². The van der Waals surface area contributed by atoms with Gasteiger partial charge in [-0.2, -0.15) is 5.10 Å². The van der Waals surface area contributed by atoms with Crippen LogP contribution in [0.2, 0.25) is 0 Å². The van der Waals surface area contributed by atoms with Gasteiger partial charge in [0.15, 0.2) is 6.61 Å². The summed E-state index contributed by atoms with van der Waals surface area (Å²) in [5.74, 6) is 0.923. The minimum Gasteiger partial charge on any atom is -0.471 e. The Balaban J connectivity index is 1.51. The lowest BCUT2D eigenvalue weighted by Gasteiger charge is -2.36. The molecule has 0 bridgehead atoms. The Labute approximate surface area is 165 Å². The lowest BCUT2D eigenvalue weighted by Crippen LogP contribution is -2.47. The molecule has 0 atom stereocenters. The number of aryl methyl sites for hydroxylation is 1. The van der Waals surface area contributed by atoms with Crippen LogP contribution in [0.25, 0.3) is 10.9 Å². The van der Waals surface area contributed by atoms with Crippen LogP contribution in [0.1, 0.15) is 0 Å². The molecule has 0 radical (unpaired) electrons. The fraction of sp³-hybridized carbons (Fsp3) is 0.368. The molecule has 3 aromatic rings. The summed E-state index contributed by atoms with van der Waals surface area (Å²) in [4.78, 5) is 24.0. The zero-order valence-corrected chi connectivity index (χ0v) is 15.8. The Morgan fingerprint density at radius 1 is 1.07 bits per heavy atom. The number of piperazine rings is 1. The summed E-state index contributed by atoms with van der Waals surface area (Å²) in [6.45, 7) is 2.27. The monoisotopic (exact) mass is 402 g/mol. The standard InChI is InChI=1S/C19H20F2N6O2/c1-25-18(28)5-4-17(24-25)27-8-6-26(7-9-27)13-2-3-15-14(10-13)19(23-12-22-15)29-11-16(20)21/h2-5,10,12,16H,6-9,11H2,1H3. The Morgan fingerprint density at radius 2 is 1.83 bits per heavy atom. The maximum atomic E-state index is 12.5. The number of hydrogen-bond donors (Lipinski definition) is 0. The number of ether oxygens (including phenoxy) is 1. The summed E-state index contributed by atoms with van der Waals surface area (Å²) in [6.07, 6.45) is -1.26. The van der Waals surface area contributed by atoms with E-state index in [0.29, 0.717) is 10.9 Å². The van der Waals surface area contributed by atoms with Crippen LogP contribution in [0.4, 0.5) is 20.3 Å². The van der Waals surface area contributed by atoms with Crippen LogP contribution in [-0.4, -0.2) is 59.0 Å². The third-order valence-electron chi connectivity index (χ3n) is 4.84. The van der Waals surface area contributed by atoms with Gasteiger partial charge in [-0.25, -0.2) is 23.4 Å². The molecule has 4 rings (SSSR count). The first-order valence-electron chi connectivity index (χ1n) is 9.21. The fourth-order valence-electron chi connectivity index (χ4n) is 3.33.